The molecule has 0 unspecified atom stereocenters. The maximum atomic E-state index is 5.38. The number of nitrogens with zero attached hydrogens (tertiary/aromatic N) is 3. The number of aromatic nitrogens is 3. The van der Waals surface area contributed by atoms with E-state index in [2.05, 4.69) is 25.7 Å². The minimum absolute atomic E-state index is 0.239. The van der Waals surface area contributed by atoms with Gasteiger partial charge in [0, 0.05) is 5.69 Å². The molecular weight excluding hydrogens is 244 g/mol. The molecule has 1 aromatic carbocycles. The molecule has 0 saturated carbocycles. The van der Waals surface area contributed by atoms with Crippen LogP contribution in [0.5, 0.6) is 6.01 Å². The van der Waals surface area contributed by atoms with Crippen LogP contribution in [0.1, 0.15) is 13.3 Å². The van der Waals surface area contributed by atoms with E-state index in [1.54, 1.807) is 0 Å². The summed E-state index contributed by atoms with van der Waals surface area (Å²) >= 11 is 0. The second-order valence-electron chi connectivity index (χ2n) is 3.75. The molecule has 0 atom stereocenters. The lowest BCUT2D eigenvalue weighted by molar-refractivity contribution is 0.292. The first-order valence-electron chi connectivity index (χ1n) is 5.99. The summed E-state index contributed by atoms with van der Waals surface area (Å²) in [6.07, 6.45) is 0.874. The summed E-state index contributed by atoms with van der Waals surface area (Å²) in [5.41, 5.74) is 3.26. The summed E-state index contributed by atoms with van der Waals surface area (Å²) in [7, 11) is 0. The number of nitrogens with one attached hydrogen (secondary N) is 2. The van der Waals surface area contributed by atoms with Crippen molar-refractivity contribution in [3.8, 4) is 6.01 Å². The minimum Gasteiger partial charge on any atom is -0.463 e. The SMILES string of the molecule is CCCOc1nc(NN)nc(Nc2ccccc2)n1. The minimum atomic E-state index is 0.239. The number of ether oxygens (including phenoxy) is 1. The van der Waals surface area contributed by atoms with Crippen molar-refractivity contribution < 1.29 is 4.74 Å². The van der Waals surface area contributed by atoms with Crippen LogP contribution in [-0.2, 0) is 0 Å². The first-order chi connectivity index (χ1) is 9.31. The van der Waals surface area contributed by atoms with Crippen LogP contribution in [-0.4, -0.2) is 21.6 Å². The lowest BCUT2D eigenvalue weighted by Gasteiger charge is -2.08. The van der Waals surface area contributed by atoms with E-state index in [4.69, 9.17) is 10.6 Å². The van der Waals surface area contributed by atoms with Gasteiger partial charge in [0.15, 0.2) is 0 Å². The van der Waals surface area contributed by atoms with Gasteiger partial charge in [-0.25, -0.2) is 5.84 Å². The number of rotatable bonds is 6. The van der Waals surface area contributed by atoms with Crippen LogP contribution in [0.25, 0.3) is 0 Å². The molecule has 0 spiro atoms. The standard InChI is InChI=1S/C12H16N6O/c1-2-8-19-12-16-10(15-11(17-12)18-13)14-9-6-4-3-5-7-9/h3-7H,2,8,13H2,1H3,(H2,14,15,16,17,18). The maximum absolute atomic E-state index is 5.38. The van der Waals surface area contributed by atoms with Gasteiger partial charge in [-0.2, -0.15) is 15.0 Å². The molecule has 0 fully saturated rings. The zero-order valence-electron chi connectivity index (χ0n) is 10.6. The third-order valence-corrected chi connectivity index (χ3v) is 2.21. The lowest BCUT2D eigenvalue weighted by atomic mass is 10.3. The molecule has 7 heteroatoms. The van der Waals surface area contributed by atoms with Crippen molar-refractivity contribution in [3.63, 3.8) is 0 Å². The molecular formula is C12H16N6O. The molecule has 1 aromatic heterocycles. The first-order valence-corrected chi connectivity index (χ1v) is 5.99. The van der Waals surface area contributed by atoms with Gasteiger partial charge in [-0.05, 0) is 18.6 Å². The molecule has 100 valence electrons. The van der Waals surface area contributed by atoms with Gasteiger partial charge in [0.2, 0.25) is 11.9 Å². The molecule has 0 radical (unpaired) electrons. The highest BCUT2D eigenvalue weighted by Crippen LogP contribution is 2.15. The van der Waals surface area contributed by atoms with Crippen molar-refractivity contribution >= 4 is 17.6 Å². The average Bonchev–Trinajstić information content (AvgIpc) is 2.46. The Kier molecular flexibility index (Phi) is 4.46. The van der Waals surface area contributed by atoms with Crippen molar-refractivity contribution in [2.75, 3.05) is 17.3 Å². The normalized spacial score (nSPS) is 10.0. The summed E-state index contributed by atoms with van der Waals surface area (Å²) in [6.45, 7) is 2.55. The largest absolute Gasteiger partial charge is 0.463 e. The molecule has 0 aliphatic carbocycles. The topological polar surface area (TPSA) is 98.0 Å². The number of hydrazine groups is 1. The van der Waals surface area contributed by atoms with Gasteiger partial charge >= 0.3 is 6.01 Å². The first kappa shape index (κ1) is 13.0. The van der Waals surface area contributed by atoms with E-state index >= 15 is 0 Å². The van der Waals surface area contributed by atoms with E-state index in [1.807, 2.05) is 37.3 Å². The highest BCUT2D eigenvalue weighted by Gasteiger charge is 2.06. The number of para-hydroxylation sites is 1. The highest BCUT2D eigenvalue weighted by atomic mass is 16.5. The van der Waals surface area contributed by atoms with Crippen LogP contribution in [0, 0.1) is 0 Å². The summed E-state index contributed by atoms with van der Waals surface area (Å²) in [5.74, 6) is 5.95. The van der Waals surface area contributed by atoms with Crippen LogP contribution in [0.4, 0.5) is 17.6 Å². The predicted molar refractivity (Wildman–Crippen MR) is 73.1 cm³/mol. The molecule has 2 aromatic rings. The van der Waals surface area contributed by atoms with Gasteiger partial charge in [0.1, 0.15) is 0 Å². The van der Waals surface area contributed by atoms with E-state index in [-0.39, 0.29) is 12.0 Å². The van der Waals surface area contributed by atoms with Crippen LogP contribution in [0.15, 0.2) is 30.3 Å². The highest BCUT2D eigenvalue weighted by molar-refractivity contribution is 5.53. The van der Waals surface area contributed by atoms with Gasteiger partial charge < -0.3 is 10.1 Å². The van der Waals surface area contributed by atoms with Crippen LogP contribution >= 0.6 is 0 Å². The Hall–Kier alpha value is -2.41. The number of anilines is 3. The second kappa shape index (κ2) is 6.50. The van der Waals surface area contributed by atoms with Gasteiger partial charge in [-0.15, -0.1) is 0 Å². The quantitative estimate of drug-likeness (QED) is 0.537. The summed E-state index contributed by atoms with van der Waals surface area (Å²) in [6, 6.07) is 9.82. The predicted octanol–water partition coefficient (Wildman–Crippen LogP) is 1.69. The molecule has 7 nitrogen and oxygen atoms in total. The van der Waals surface area contributed by atoms with Crippen molar-refractivity contribution in [2.45, 2.75) is 13.3 Å². The fourth-order valence-electron chi connectivity index (χ4n) is 1.39. The number of nitrogens with two attached hydrogens (primary N) is 1. The van der Waals surface area contributed by atoms with Crippen molar-refractivity contribution in [3.05, 3.63) is 30.3 Å². The molecule has 2 rings (SSSR count). The third kappa shape index (κ3) is 3.78. The molecule has 1 heterocycles. The Morgan fingerprint density at radius 2 is 1.84 bits per heavy atom. The fraction of sp³-hybridized carbons (Fsp3) is 0.250. The number of nitrogen functional groups attached to an aromatic ring is 1. The molecule has 0 saturated heterocycles. The molecule has 0 aliphatic heterocycles. The zero-order valence-corrected chi connectivity index (χ0v) is 10.6. The van der Waals surface area contributed by atoms with Crippen molar-refractivity contribution in [1.82, 2.24) is 15.0 Å². The molecule has 0 bridgehead atoms. The average molecular weight is 260 g/mol. The summed E-state index contributed by atoms with van der Waals surface area (Å²) in [4.78, 5) is 12.3. The Balaban J connectivity index is 2.19. The lowest BCUT2D eigenvalue weighted by Crippen LogP contribution is -2.13. The number of hydrogen-bond acceptors (Lipinski definition) is 7. The van der Waals surface area contributed by atoms with Gasteiger partial charge in [0.25, 0.3) is 0 Å². The van der Waals surface area contributed by atoms with E-state index < -0.39 is 0 Å². The van der Waals surface area contributed by atoms with E-state index in [9.17, 15) is 0 Å². The smallest absolute Gasteiger partial charge is 0.323 e. The fourth-order valence-corrected chi connectivity index (χ4v) is 1.39. The van der Waals surface area contributed by atoms with E-state index in [1.165, 1.54) is 0 Å². The third-order valence-electron chi connectivity index (χ3n) is 2.21. The second-order valence-corrected chi connectivity index (χ2v) is 3.75. The Morgan fingerprint density at radius 3 is 2.53 bits per heavy atom. The van der Waals surface area contributed by atoms with Gasteiger partial charge in [-0.3, -0.25) is 5.43 Å². The Labute approximate surface area is 111 Å². The summed E-state index contributed by atoms with van der Waals surface area (Å²) < 4.78 is 5.38. The number of benzene rings is 1. The molecule has 19 heavy (non-hydrogen) atoms. The summed E-state index contributed by atoms with van der Waals surface area (Å²) in [5, 5.41) is 3.06. The number of hydrogen-bond donors (Lipinski definition) is 3. The Bertz CT molecular complexity index is 519. The Morgan fingerprint density at radius 1 is 1.11 bits per heavy atom. The molecule has 0 aliphatic rings. The monoisotopic (exact) mass is 260 g/mol. The van der Waals surface area contributed by atoms with Gasteiger partial charge in [0.05, 0.1) is 6.61 Å². The van der Waals surface area contributed by atoms with Gasteiger partial charge in [-0.1, -0.05) is 25.1 Å². The van der Waals surface area contributed by atoms with E-state index in [0.717, 1.165) is 12.1 Å². The molecule has 0 amide bonds. The van der Waals surface area contributed by atoms with E-state index in [0.29, 0.717) is 12.6 Å². The molecule has 4 N–H and O–H groups in total. The van der Waals surface area contributed by atoms with Crippen LogP contribution in [0.3, 0.4) is 0 Å². The maximum Gasteiger partial charge on any atom is 0.323 e. The zero-order chi connectivity index (χ0) is 13.5. The van der Waals surface area contributed by atoms with Crippen LogP contribution < -0.4 is 21.3 Å². The van der Waals surface area contributed by atoms with Crippen molar-refractivity contribution in [1.29, 1.82) is 0 Å². The van der Waals surface area contributed by atoms with Crippen molar-refractivity contribution in [2.24, 2.45) is 5.84 Å². The van der Waals surface area contributed by atoms with Crippen LogP contribution in [0.2, 0.25) is 0 Å².